The first-order valence-corrected chi connectivity index (χ1v) is 7.09. The van der Waals surface area contributed by atoms with E-state index in [4.69, 9.17) is 4.74 Å². The minimum absolute atomic E-state index is 0.455. The van der Waals surface area contributed by atoms with Crippen molar-refractivity contribution in [3.8, 4) is 0 Å². The molecule has 1 aliphatic heterocycles. The van der Waals surface area contributed by atoms with E-state index < -0.39 is 0 Å². The van der Waals surface area contributed by atoms with Gasteiger partial charge in [0.25, 0.3) is 0 Å². The molecule has 3 atom stereocenters. The van der Waals surface area contributed by atoms with E-state index in [0.717, 1.165) is 19.4 Å². The van der Waals surface area contributed by atoms with Gasteiger partial charge in [-0.3, -0.25) is 0 Å². The molecule has 3 unspecified atom stereocenters. The Kier molecular flexibility index (Phi) is 4.38. The van der Waals surface area contributed by atoms with E-state index in [-0.39, 0.29) is 0 Å². The lowest BCUT2D eigenvalue weighted by molar-refractivity contribution is 0.0783. The van der Waals surface area contributed by atoms with Gasteiger partial charge in [-0.2, -0.15) is 11.3 Å². The summed E-state index contributed by atoms with van der Waals surface area (Å²) in [6.07, 6.45) is 3.92. The number of likely N-dealkylation sites (N-methyl/N-ethyl adjacent to an activating group) is 1. The molecule has 1 aromatic rings. The van der Waals surface area contributed by atoms with Gasteiger partial charge in [0, 0.05) is 18.6 Å². The average molecular weight is 239 g/mol. The molecule has 0 bridgehead atoms. The van der Waals surface area contributed by atoms with Crippen molar-refractivity contribution in [1.29, 1.82) is 0 Å². The number of hydrogen-bond acceptors (Lipinski definition) is 3. The van der Waals surface area contributed by atoms with Gasteiger partial charge in [-0.1, -0.05) is 6.92 Å². The molecule has 0 amide bonds. The second-order valence-electron chi connectivity index (χ2n) is 4.50. The smallest absolute Gasteiger partial charge is 0.0616 e. The minimum Gasteiger partial charge on any atom is -0.378 e. The van der Waals surface area contributed by atoms with Gasteiger partial charge in [0.1, 0.15) is 0 Å². The topological polar surface area (TPSA) is 21.3 Å². The highest BCUT2D eigenvalue weighted by Crippen LogP contribution is 2.28. The Morgan fingerprint density at radius 1 is 1.62 bits per heavy atom. The van der Waals surface area contributed by atoms with E-state index in [9.17, 15) is 0 Å². The van der Waals surface area contributed by atoms with E-state index >= 15 is 0 Å². The van der Waals surface area contributed by atoms with Crippen LogP contribution in [0, 0.1) is 5.92 Å². The van der Waals surface area contributed by atoms with Gasteiger partial charge in [-0.15, -0.1) is 0 Å². The third-order valence-corrected chi connectivity index (χ3v) is 4.32. The zero-order valence-electron chi connectivity index (χ0n) is 10.1. The largest absolute Gasteiger partial charge is 0.378 e. The van der Waals surface area contributed by atoms with E-state index in [1.54, 1.807) is 11.3 Å². The molecule has 0 aromatic carbocycles. The molecule has 2 heterocycles. The second-order valence-corrected chi connectivity index (χ2v) is 5.28. The Labute approximate surface area is 102 Å². The monoisotopic (exact) mass is 239 g/mol. The summed E-state index contributed by atoms with van der Waals surface area (Å²) >= 11 is 1.78. The summed E-state index contributed by atoms with van der Waals surface area (Å²) in [5.41, 5.74) is 1.45. The quantitative estimate of drug-likeness (QED) is 0.853. The summed E-state index contributed by atoms with van der Waals surface area (Å²) in [6.45, 7) is 3.16. The summed E-state index contributed by atoms with van der Waals surface area (Å²) < 4.78 is 5.78. The zero-order valence-corrected chi connectivity index (χ0v) is 10.9. The fourth-order valence-corrected chi connectivity index (χ4v) is 3.36. The summed E-state index contributed by atoms with van der Waals surface area (Å²) in [5.74, 6) is 0.676. The van der Waals surface area contributed by atoms with Crippen molar-refractivity contribution in [2.75, 3.05) is 13.7 Å². The van der Waals surface area contributed by atoms with Crippen molar-refractivity contribution in [1.82, 2.24) is 5.32 Å². The van der Waals surface area contributed by atoms with Gasteiger partial charge in [0.05, 0.1) is 6.10 Å². The molecule has 0 aliphatic carbocycles. The molecular formula is C13H21NOS. The molecule has 3 heteroatoms. The lowest BCUT2D eigenvalue weighted by Gasteiger charge is -2.26. The standard InChI is InChI=1S/C13H21NOS/c1-3-13-11(4-6-15-13)12(14-2)8-10-5-7-16-9-10/h5,7,9,11-14H,3-4,6,8H2,1-2H3. The Hall–Kier alpha value is -0.380. The first-order valence-electron chi connectivity index (χ1n) is 6.15. The average Bonchev–Trinajstić information content (AvgIpc) is 2.96. The number of hydrogen-bond donors (Lipinski definition) is 1. The van der Waals surface area contributed by atoms with Gasteiger partial charge in [-0.05, 0) is 48.7 Å². The van der Waals surface area contributed by atoms with Crippen LogP contribution >= 0.6 is 11.3 Å². The van der Waals surface area contributed by atoms with Crippen LogP contribution in [0.2, 0.25) is 0 Å². The van der Waals surface area contributed by atoms with Crippen LogP contribution < -0.4 is 5.32 Å². The molecule has 0 saturated carbocycles. The molecule has 1 aromatic heterocycles. The summed E-state index contributed by atoms with van der Waals surface area (Å²) in [5, 5.41) is 7.88. The van der Waals surface area contributed by atoms with Crippen LogP contribution in [-0.4, -0.2) is 25.8 Å². The highest BCUT2D eigenvalue weighted by atomic mass is 32.1. The third-order valence-electron chi connectivity index (χ3n) is 3.59. The molecule has 0 spiro atoms. The maximum atomic E-state index is 5.78. The van der Waals surface area contributed by atoms with Crippen LogP contribution in [-0.2, 0) is 11.2 Å². The Balaban J connectivity index is 1.98. The number of thiophene rings is 1. The van der Waals surface area contributed by atoms with Crippen molar-refractivity contribution in [2.45, 2.75) is 38.3 Å². The number of ether oxygens (including phenoxy) is 1. The Bertz CT molecular complexity index is 299. The minimum atomic E-state index is 0.455. The van der Waals surface area contributed by atoms with Crippen molar-refractivity contribution >= 4 is 11.3 Å². The van der Waals surface area contributed by atoms with E-state index in [1.807, 2.05) is 0 Å². The van der Waals surface area contributed by atoms with Gasteiger partial charge < -0.3 is 10.1 Å². The summed E-state index contributed by atoms with van der Waals surface area (Å²) in [7, 11) is 2.07. The van der Waals surface area contributed by atoms with Crippen LogP contribution in [0.3, 0.4) is 0 Å². The molecule has 16 heavy (non-hydrogen) atoms. The molecule has 2 nitrogen and oxygen atoms in total. The molecule has 1 fully saturated rings. The molecule has 2 rings (SSSR count). The SMILES string of the molecule is CCC1OCCC1C(Cc1ccsc1)NC. The Morgan fingerprint density at radius 3 is 3.12 bits per heavy atom. The summed E-state index contributed by atoms with van der Waals surface area (Å²) in [6, 6.07) is 2.79. The number of rotatable bonds is 5. The van der Waals surface area contributed by atoms with Gasteiger partial charge in [0.15, 0.2) is 0 Å². The fourth-order valence-electron chi connectivity index (χ4n) is 2.68. The van der Waals surface area contributed by atoms with Crippen LogP contribution in [0.4, 0.5) is 0 Å². The molecule has 1 aliphatic rings. The van der Waals surface area contributed by atoms with Gasteiger partial charge in [-0.25, -0.2) is 0 Å². The zero-order chi connectivity index (χ0) is 11.4. The molecule has 90 valence electrons. The summed E-state index contributed by atoms with van der Waals surface area (Å²) in [4.78, 5) is 0. The van der Waals surface area contributed by atoms with Gasteiger partial charge >= 0.3 is 0 Å². The second kappa shape index (κ2) is 5.80. The van der Waals surface area contributed by atoms with E-state index in [1.165, 1.54) is 12.0 Å². The molecule has 1 saturated heterocycles. The van der Waals surface area contributed by atoms with Crippen molar-refractivity contribution < 1.29 is 4.74 Å². The van der Waals surface area contributed by atoms with Crippen LogP contribution in [0.1, 0.15) is 25.3 Å². The lowest BCUT2D eigenvalue weighted by Crippen LogP contribution is -2.39. The van der Waals surface area contributed by atoms with E-state index in [2.05, 4.69) is 36.1 Å². The van der Waals surface area contributed by atoms with Crippen LogP contribution in [0.15, 0.2) is 16.8 Å². The Morgan fingerprint density at radius 2 is 2.50 bits per heavy atom. The van der Waals surface area contributed by atoms with E-state index in [0.29, 0.717) is 18.1 Å². The number of nitrogens with one attached hydrogen (secondary N) is 1. The van der Waals surface area contributed by atoms with Crippen LogP contribution in [0.5, 0.6) is 0 Å². The van der Waals surface area contributed by atoms with Crippen LogP contribution in [0.25, 0.3) is 0 Å². The first-order chi connectivity index (χ1) is 7.85. The lowest BCUT2D eigenvalue weighted by atomic mass is 9.88. The van der Waals surface area contributed by atoms with Crippen molar-refractivity contribution in [2.24, 2.45) is 5.92 Å². The molecule has 1 N–H and O–H groups in total. The van der Waals surface area contributed by atoms with Crippen molar-refractivity contribution in [3.05, 3.63) is 22.4 Å². The van der Waals surface area contributed by atoms with Gasteiger partial charge in [0.2, 0.25) is 0 Å². The maximum absolute atomic E-state index is 5.78. The highest BCUT2D eigenvalue weighted by Gasteiger charge is 2.32. The first kappa shape index (κ1) is 12.1. The van der Waals surface area contributed by atoms with Crippen molar-refractivity contribution in [3.63, 3.8) is 0 Å². The molecular weight excluding hydrogens is 218 g/mol. The maximum Gasteiger partial charge on any atom is 0.0616 e. The third kappa shape index (κ3) is 2.65. The predicted octanol–water partition coefficient (Wildman–Crippen LogP) is 2.69. The highest BCUT2D eigenvalue weighted by molar-refractivity contribution is 7.07. The molecule has 0 radical (unpaired) electrons. The normalized spacial score (nSPS) is 27.1. The predicted molar refractivity (Wildman–Crippen MR) is 69.0 cm³/mol. The fraction of sp³-hybridized carbons (Fsp3) is 0.692.